The molecule has 0 bridgehead atoms. The number of rotatable bonds is 3. The van der Waals surface area contributed by atoms with Crippen LogP contribution in [0.4, 0.5) is 0 Å². The minimum absolute atomic E-state index is 0.931. The van der Waals surface area contributed by atoms with E-state index in [1.54, 1.807) is 6.08 Å². The van der Waals surface area contributed by atoms with E-state index in [1.165, 1.54) is 0 Å². The maximum absolute atomic E-state index is 3.74. The molecule has 0 nitrogen and oxygen atoms in total. The molecule has 0 aromatic heterocycles. The molecule has 0 N–H and O–H groups in total. The Balaban J connectivity index is 3.39. The van der Waals surface area contributed by atoms with Crippen LogP contribution in [-0.2, 0) is 0 Å². The minimum Gasteiger partial charge on any atom is -0.0988 e. The molecular formula is C8H12. The predicted molar refractivity (Wildman–Crippen MR) is 38.8 cm³/mol. The molecule has 0 amide bonds. The topological polar surface area (TPSA) is 0 Å². The fraction of sp³-hybridized carbons (Fsp3) is 0.250. The molecule has 0 unspecified atom stereocenters. The average Bonchev–Trinajstić information content (AvgIpc) is 1.83. The Kier molecular flexibility index (Phi) is 3.95. The van der Waals surface area contributed by atoms with Crippen molar-refractivity contribution in [3.05, 3.63) is 37.0 Å². The van der Waals surface area contributed by atoms with Gasteiger partial charge in [0, 0.05) is 0 Å². The van der Waals surface area contributed by atoms with Crippen LogP contribution in [-0.4, -0.2) is 0 Å². The zero-order valence-electron chi connectivity index (χ0n) is 5.35. The standard InChI is InChI=1S/C8H12/c1-4-6-7-8(3)5-2/h4-6H,2-3,7H2,1H3. The lowest BCUT2D eigenvalue weighted by Gasteiger charge is -1.87. The van der Waals surface area contributed by atoms with Gasteiger partial charge in [0.05, 0.1) is 0 Å². The summed E-state index contributed by atoms with van der Waals surface area (Å²) >= 11 is 0. The lowest BCUT2D eigenvalue weighted by molar-refractivity contribution is 1.30. The highest BCUT2D eigenvalue weighted by molar-refractivity contribution is 5.14. The van der Waals surface area contributed by atoms with Crippen LogP contribution in [0.25, 0.3) is 0 Å². The summed E-state index contributed by atoms with van der Waals surface area (Å²) in [6.45, 7) is 9.32. The van der Waals surface area contributed by atoms with Crippen molar-refractivity contribution in [1.29, 1.82) is 0 Å². The molecule has 44 valence electrons. The molecule has 0 aromatic carbocycles. The lowest BCUT2D eigenvalue weighted by atomic mass is 10.2. The largest absolute Gasteiger partial charge is 0.0988 e. The van der Waals surface area contributed by atoms with Crippen LogP contribution in [0, 0.1) is 0 Å². The highest BCUT2D eigenvalue weighted by atomic mass is 13.8. The zero-order valence-corrected chi connectivity index (χ0v) is 5.35. The molecule has 0 heteroatoms. The maximum atomic E-state index is 3.74. The van der Waals surface area contributed by atoms with Crippen molar-refractivity contribution < 1.29 is 0 Å². The second-order valence-corrected chi connectivity index (χ2v) is 1.64. The van der Waals surface area contributed by atoms with Gasteiger partial charge in [0.2, 0.25) is 0 Å². The summed E-state index contributed by atoms with van der Waals surface area (Å²) in [6.07, 6.45) is 6.78. The Morgan fingerprint density at radius 1 is 1.62 bits per heavy atom. The normalized spacial score (nSPS) is 9.62. The van der Waals surface area contributed by atoms with Gasteiger partial charge in [-0.05, 0) is 13.3 Å². The van der Waals surface area contributed by atoms with Crippen molar-refractivity contribution in [3.63, 3.8) is 0 Å². The van der Waals surface area contributed by atoms with Gasteiger partial charge in [0.1, 0.15) is 0 Å². The third-order valence-corrected chi connectivity index (χ3v) is 0.904. The van der Waals surface area contributed by atoms with Gasteiger partial charge in [-0.15, -0.1) is 0 Å². The van der Waals surface area contributed by atoms with Crippen molar-refractivity contribution >= 4 is 0 Å². The second kappa shape index (κ2) is 4.38. The maximum Gasteiger partial charge on any atom is -0.0104 e. The van der Waals surface area contributed by atoms with Gasteiger partial charge in [-0.2, -0.15) is 0 Å². The Bertz CT molecular complexity index is 107. The Morgan fingerprint density at radius 3 is 2.62 bits per heavy atom. The van der Waals surface area contributed by atoms with Crippen LogP contribution >= 0.6 is 0 Å². The molecule has 0 heterocycles. The Morgan fingerprint density at radius 2 is 2.25 bits per heavy atom. The monoisotopic (exact) mass is 108 g/mol. The summed E-state index contributed by atoms with van der Waals surface area (Å²) in [5, 5.41) is 0. The predicted octanol–water partition coefficient (Wildman–Crippen LogP) is 2.69. The van der Waals surface area contributed by atoms with Crippen LogP contribution in [0.2, 0.25) is 0 Å². The van der Waals surface area contributed by atoms with Gasteiger partial charge in [-0.25, -0.2) is 0 Å². The smallest absolute Gasteiger partial charge is 0.0104 e. The van der Waals surface area contributed by atoms with Gasteiger partial charge in [-0.1, -0.05) is 37.0 Å². The van der Waals surface area contributed by atoms with Gasteiger partial charge in [-0.3, -0.25) is 0 Å². The average molecular weight is 108 g/mol. The summed E-state index contributed by atoms with van der Waals surface area (Å²) in [5.74, 6) is 0. The molecular weight excluding hydrogens is 96.1 g/mol. The fourth-order valence-electron chi connectivity index (χ4n) is 0.353. The summed E-state index contributed by atoms with van der Waals surface area (Å²) in [6, 6.07) is 0. The third kappa shape index (κ3) is 3.41. The van der Waals surface area contributed by atoms with Crippen molar-refractivity contribution in [1.82, 2.24) is 0 Å². The lowest BCUT2D eigenvalue weighted by Crippen LogP contribution is -1.67. The van der Waals surface area contributed by atoms with Gasteiger partial charge < -0.3 is 0 Å². The van der Waals surface area contributed by atoms with Crippen LogP contribution in [0.1, 0.15) is 13.3 Å². The van der Waals surface area contributed by atoms with Crippen LogP contribution < -0.4 is 0 Å². The van der Waals surface area contributed by atoms with E-state index in [0.717, 1.165) is 12.0 Å². The molecule has 0 aromatic rings. The van der Waals surface area contributed by atoms with E-state index in [1.807, 2.05) is 13.0 Å². The minimum atomic E-state index is 0.931. The number of allylic oxidation sites excluding steroid dienone is 4. The summed E-state index contributed by atoms with van der Waals surface area (Å²) in [7, 11) is 0. The van der Waals surface area contributed by atoms with E-state index >= 15 is 0 Å². The molecule has 0 radical (unpaired) electrons. The van der Waals surface area contributed by atoms with Crippen LogP contribution in [0.3, 0.4) is 0 Å². The van der Waals surface area contributed by atoms with E-state index in [-0.39, 0.29) is 0 Å². The fourth-order valence-corrected chi connectivity index (χ4v) is 0.353. The molecule has 0 spiro atoms. The highest BCUT2D eigenvalue weighted by Crippen LogP contribution is 1.97. The van der Waals surface area contributed by atoms with Crippen molar-refractivity contribution in [2.45, 2.75) is 13.3 Å². The van der Waals surface area contributed by atoms with Crippen molar-refractivity contribution in [3.8, 4) is 0 Å². The molecule has 0 saturated heterocycles. The van der Waals surface area contributed by atoms with Crippen molar-refractivity contribution in [2.75, 3.05) is 0 Å². The quantitative estimate of drug-likeness (QED) is 0.385. The third-order valence-electron chi connectivity index (χ3n) is 0.904. The van der Waals surface area contributed by atoms with Crippen molar-refractivity contribution in [2.24, 2.45) is 0 Å². The first kappa shape index (κ1) is 7.22. The van der Waals surface area contributed by atoms with Gasteiger partial charge in [0.25, 0.3) is 0 Å². The molecule has 0 saturated carbocycles. The SMILES string of the molecule is C=CC(=C)CC=CC. The molecule has 8 heavy (non-hydrogen) atoms. The molecule has 0 aliphatic carbocycles. The van der Waals surface area contributed by atoms with Crippen LogP contribution in [0.15, 0.2) is 37.0 Å². The van der Waals surface area contributed by atoms with Gasteiger partial charge in [0.15, 0.2) is 0 Å². The van der Waals surface area contributed by atoms with E-state index in [2.05, 4.69) is 19.2 Å². The molecule has 0 atom stereocenters. The van der Waals surface area contributed by atoms with E-state index < -0.39 is 0 Å². The molecule has 0 aliphatic rings. The Hall–Kier alpha value is -0.780. The van der Waals surface area contributed by atoms with Crippen LogP contribution in [0.5, 0.6) is 0 Å². The summed E-state index contributed by atoms with van der Waals surface area (Å²) in [5.41, 5.74) is 1.07. The first-order chi connectivity index (χ1) is 3.81. The summed E-state index contributed by atoms with van der Waals surface area (Å²) < 4.78 is 0. The van der Waals surface area contributed by atoms with Gasteiger partial charge >= 0.3 is 0 Å². The summed E-state index contributed by atoms with van der Waals surface area (Å²) in [4.78, 5) is 0. The molecule has 0 aliphatic heterocycles. The molecule has 0 rings (SSSR count). The Labute approximate surface area is 51.2 Å². The highest BCUT2D eigenvalue weighted by Gasteiger charge is 1.77. The first-order valence-electron chi connectivity index (χ1n) is 2.72. The zero-order chi connectivity index (χ0) is 6.41. The molecule has 0 fully saturated rings. The second-order valence-electron chi connectivity index (χ2n) is 1.64. The van der Waals surface area contributed by atoms with E-state index in [4.69, 9.17) is 0 Å². The number of hydrogen-bond acceptors (Lipinski definition) is 0. The van der Waals surface area contributed by atoms with E-state index in [0.29, 0.717) is 0 Å². The first-order valence-corrected chi connectivity index (χ1v) is 2.72. The van der Waals surface area contributed by atoms with E-state index in [9.17, 15) is 0 Å². The number of hydrogen-bond donors (Lipinski definition) is 0.